The van der Waals surface area contributed by atoms with Gasteiger partial charge >= 0.3 is 5.97 Å². The molecule has 0 aromatic heterocycles. The molecule has 0 fully saturated rings. The summed E-state index contributed by atoms with van der Waals surface area (Å²) < 4.78 is 25.9. The quantitative estimate of drug-likeness (QED) is 0.876. The number of aliphatic carboxylic acids is 1. The minimum atomic E-state index is -3.84. The first-order valence-corrected chi connectivity index (χ1v) is 8.31. The number of hydrogen-bond donors (Lipinski definition) is 1. The zero-order valence-corrected chi connectivity index (χ0v) is 13.9. The molecule has 0 amide bonds. The highest BCUT2D eigenvalue weighted by molar-refractivity contribution is 7.89. The molecular formula is C15H23NO4S. The number of carboxylic acid groups (broad SMARTS) is 1. The van der Waals surface area contributed by atoms with Crippen LogP contribution in [0, 0.1) is 0 Å². The first-order valence-electron chi connectivity index (χ1n) is 6.87. The first kappa shape index (κ1) is 17.7. The predicted molar refractivity (Wildman–Crippen MR) is 81.8 cm³/mol. The molecule has 1 unspecified atom stereocenters. The summed E-state index contributed by atoms with van der Waals surface area (Å²) in [5.74, 6) is -0.834. The number of carboxylic acids is 1. The van der Waals surface area contributed by atoms with Gasteiger partial charge in [0.2, 0.25) is 10.0 Å². The maximum Gasteiger partial charge on any atom is 0.324 e. The molecule has 0 aliphatic rings. The molecule has 1 N–H and O–H groups in total. The summed E-state index contributed by atoms with van der Waals surface area (Å²) in [7, 11) is -2.55. The molecule has 0 bridgehead atoms. The third-order valence-electron chi connectivity index (χ3n) is 4.03. The molecule has 5 nitrogen and oxygen atoms in total. The highest BCUT2D eigenvalue weighted by Crippen LogP contribution is 2.25. The standard InChI is InChI=1S/C15H23NO4S/c1-6-11(2)12-7-9-13(10-8-12)21(19,20)16(5)15(3,4)14(17)18/h7-11H,6H2,1-5H3,(H,17,18). The Hall–Kier alpha value is -1.40. The molecule has 1 aromatic rings. The van der Waals surface area contributed by atoms with Crippen LogP contribution in [0.4, 0.5) is 0 Å². The van der Waals surface area contributed by atoms with E-state index in [1.165, 1.54) is 33.0 Å². The molecule has 21 heavy (non-hydrogen) atoms. The van der Waals surface area contributed by atoms with E-state index in [-0.39, 0.29) is 4.90 Å². The van der Waals surface area contributed by atoms with Gasteiger partial charge in [0.1, 0.15) is 5.54 Å². The van der Waals surface area contributed by atoms with Gasteiger partial charge < -0.3 is 5.11 Å². The lowest BCUT2D eigenvalue weighted by atomic mass is 9.99. The van der Waals surface area contributed by atoms with E-state index >= 15 is 0 Å². The topological polar surface area (TPSA) is 74.7 Å². The highest BCUT2D eigenvalue weighted by atomic mass is 32.2. The fourth-order valence-electron chi connectivity index (χ4n) is 1.80. The van der Waals surface area contributed by atoms with Gasteiger partial charge in [-0.25, -0.2) is 8.42 Å². The smallest absolute Gasteiger partial charge is 0.324 e. The number of sulfonamides is 1. The van der Waals surface area contributed by atoms with E-state index in [2.05, 4.69) is 13.8 Å². The van der Waals surface area contributed by atoms with Crippen molar-refractivity contribution in [2.24, 2.45) is 0 Å². The number of carbonyl (C=O) groups is 1. The van der Waals surface area contributed by atoms with Gasteiger partial charge in [-0.2, -0.15) is 4.31 Å². The van der Waals surface area contributed by atoms with E-state index in [0.717, 1.165) is 16.3 Å². The van der Waals surface area contributed by atoms with Gasteiger partial charge in [0.25, 0.3) is 0 Å². The zero-order chi connectivity index (χ0) is 16.4. The summed E-state index contributed by atoms with van der Waals surface area (Å²) >= 11 is 0. The van der Waals surface area contributed by atoms with E-state index in [1.54, 1.807) is 12.1 Å². The average molecular weight is 313 g/mol. The van der Waals surface area contributed by atoms with E-state index in [0.29, 0.717) is 5.92 Å². The first-order chi connectivity index (χ1) is 9.55. The summed E-state index contributed by atoms with van der Waals surface area (Å²) in [5.41, 5.74) is -0.439. The van der Waals surface area contributed by atoms with Crippen LogP contribution in [0.15, 0.2) is 29.2 Å². The van der Waals surface area contributed by atoms with Crippen molar-refractivity contribution in [1.29, 1.82) is 0 Å². The van der Waals surface area contributed by atoms with Crippen molar-refractivity contribution >= 4 is 16.0 Å². The van der Waals surface area contributed by atoms with Gasteiger partial charge in [-0.05, 0) is 43.9 Å². The lowest BCUT2D eigenvalue weighted by Gasteiger charge is -2.30. The summed E-state index contributed by atoms with van der Waals surface area (Å²) in [6.07, 6.45) is 0.970. The molecule has 0 spiro atoms. The van der Waals surface area contributed by atoms with Gasteiger partial charge in [0, 0.05) is 7.05 Å². The van der Waals surface area contributed by atoms with E-state index < -0.39 is 21.5 Å². The van der Waals surface area contributed by atoms with Crippen LogP contribution in [0.2, 0.25) is 0 Å². The molecule has 0 saturated heterocycles. The van der Waals surface area contributed by atoms with Crippen LogP contribution in [0.25, 0.3) is 0 Å². The Morgan fingerprint density at radius 2 is 1.76 bits per heavy atom. The Kier molecular flexibility index (Phi) is 5.17. The minimum absolute atomic E-state index is 0.103. The van der Waals surface area contributed by atoms with Crippen molar-refractivity contribution in [3.8, 4) is 0 Å². The normalized spacial score (nSPS) is 14.2. The summed E-state index contributed by atoms with van der Waals surface area (Å²) in [6.45, 7) is 6.86. The van der Waals surface area contributed by atoms with Crippen LogP contribution < -0.4 is 0 Å². The van der Waals surface area contributed by atoms with E-state index in [1.807, 2.05) is 0 Å². The number of benzene rings is 1. The largest absolute Gasteiger partial charge is 0.480 e. The van der Waals surface area contributed by atoms with E-state index in [4.69, 9.17) is 5.11 Å². The second-order valence-electron chi connectivity index (χ2n) is 5.72. The molecule has 118 valence electrons. The van der Waals surface area contributed by atoms with Crippen molar-refractivity contribution in [1.82, 2.24) is 4.31 Å². The van der Waals surface area contributed by atoms with Crippen molar-refractivity contribution in [2.75, 3.05) is 7.05 Å². The Balaban J connectivity index is 3.17. The van der Waals surface area contributed by atoms with Crippen LogP contribution in [0.1, 0.15) is 45.6 Å². The third kappa shape index (κ3) is 3.44. The van der Waals surface area contributed by atoms with Gasteiger partial charge in [-0.1, -0.05) is 26.0 Å². The number of likely N-dealkylation sites (N-methyl/N-ethyl adjacent to an activating group) is 1. The Labute approximate surface area is 126 Å². The minimum Gasteiger partial charge on any atom is -0.480 e. The fourth-order valence-corrected chi connectivity index (χ4v) is 3.27. The van der Waals surface area contributed by atoms with Crippen molar-refractivity contribution in [3.63, 3.8) is 0 Å². The van der Waals surface area contributed by atoms with Crippen LogP contribution in [0.5, 0.6) is 0 Å². The van der Waals surface area contributed by atoms with Crippen molar-refractivity contribution in [2.45, 2.75) is 50.5 Å². The number of hydrogen-bond acceptors (Lipinski definition) is 3. The Morgan fingerprint density at radius 1 is 1.29 bits per heavy atom. The van der Waals surface area contributed by atoms with E-state index in [9.17, 15) is 13.2 Å². The molecule has 1 aromatic carbocycles. The lowest BCUT2D eigenvalue weighted by molar-refractivity contribution is -0.145. The fraction of sp³-hybridized carbons (Fsp3) is 0.533. The van der Waals surface area contributed by atoms with Crippen molar-refractivity contribution < 1.29 is 18.3 Å². The SMILES string of the molecule is CCC(C)c1ccc(S(=O)(=O)N(C)C(C)(C)C(=O)O)cc1. The molecule has 1 atom stereocenters. The van der Waals surface area contributed by atoms with Gasteiger partial charge in [-0.15, -0.1) is 0 Å². The molecule has 0 radical (unpaired) electrons. The molecule has 0 aliphatic carbocycles. The van der Waals surface area contributed by atoms with Crippen LogP contribution in [-0.4, -0.2) is 36.4 Å². The molecular weight excluding hydrogens is 290 g/mol. The van der Waals surface area contributed by atoms with Gasteiger partial charge in [0.15, 0.2) is 0 Å². The van der Waals surface area contributed by atoms with Crippen LogP contribution in [0.3, 0.4) is 0 Å². The molecule has 0 saturated carbocycles. The summed E-state index contributed by atoms with van der Waals surface area (Å²) in [6, 6.07) is 6.63. The average Bonchev–Trinajstić information content (AvgIpc) is 2.45. The third-order valence-corrected chi connectivity index (χ3v) is 6.08. The molecule has 6 heteroatoms. The number of rotatable bonds is 6. The second-order valence-corrected chi connectivity index (χ2v) is 7.68. The molecule has 0 aliphatic heterocycles. The monoisotopic (exact) mass is 313 g/mol. The Bertz CT molecular complexity index is 605. The molecule has 1 rings (SSSR count). The highest BCUT2D eigenvalue weighted by Gasteiger charge is 2.40. The molecule has 0 heterocycles. The lowest BCUT2D eigenvalue weighted by Crippen LogP contribution is -2.50. The zero-order valence-electron chi connectivity index (χ0n) is 13.1. The maximum atomic E-state index is 12.5. The van der Waals surface area contributed by atoms with Crippen molar-refractivity contribution in [3.05, 3.63) is 29.8 Å². The van der Waals surface area contributed by atoms with Crippen LogP contribution in [-0.2, 0) is 14.8 Å². The maximum absolute atomic E-state index is 12.5. The summed E-state index contributed by atoms with van der Waals surface area (Å²) in [5, 5.41) is 9.16. The van der Waals surface area contributed by atoms with Gasteiger partial charge in [-0.3, -0.25) is 4.79 Å². The van der Waals surface area contributed by atoms with Crippen LogP contribution >= 0.6 is 0 Å². The summed E-state index contributed by atoms with van der Waals surface area (Å²) in [4.78, 5) is 11.3. The van der Waals surface area contributed by atoms with Gasteiger partial charge in [0.05, 0.1) is 4.90 Å². The second kappa shape index (κ2) is 6.15. The Morgan fingerprint density at radius 3 is 2.14 bits per heavy atom. The number of nitrogens with zero attached hydrogens (tertiary/aromatic N) is 1. The predicted octanol–water partition coefficient (Wildman–Crippen LogP) is 2.68.